The van der Waals surface area contributed by atoms with Crippen LogP contribution in [0.5, 0.6) is 0 Å². The third kappa shape index (κ3) is 2.85. The minimum Gasteiger partial charge on any atom is -0.381 e. The minimum atomic E-state index is -0.213. The summed E-state index contributed by atoms with van der Waals surface area (Å²) in [5.41, 5.74) is 0. The van der Waals surface area contributed by atoms with Gasteiger partial charge in [-0.15, -0.1) is 0 Å². The molecule has 5 heteroatoms. The van der Waals surface area contributed by atoms with Crippen molar-refractivity contribution in [1.82, 2.24) is 9.80 Å². The number of amides is 1. The molecule has 3 rings (SSSR count). The van der Waals surface area contributed by atoms with Crippen molar-refractivity contribution in [1.29, 1.82) is 0 Å². The Bertz CT molecular complexity index is 355. The third-order valence-electron chi connectivity index (χ3n) is 5.01. The fraction of sp³-hybridized carbons (Fsp3) is 0.933. The summed E-state index contributed by atoms with van der Waals surface area (Å²) in [6, 6.07) is 0.650. The molecule has 0 spiro atoms. The first kappa shape index (κ1) is 14.3. The van der Waals surface area contributed by atoms with Crippen molar-refractivity contribution in [3.05, 3.63) is 0 Å². The predicted octanol–water partition coefficient (Wildman–Crippen LogP) is 0.733. The first-order valence-electron chi connectivity index (χ1n) is 7.83. The molecule has 3 heterocycles. The molecule has 0 N–H and O–H groups in total. The second-order valence-electron chi connectivity index (χ2n) is 6.52. The van der Waals surface area contributed by atoms with E-state index >= 15 is 0 Å². The van der Waals surface area contributed by atoms with E-state index in [4.69, 9.17) is 9.47 Å². The Morgan fingerprint density at radius 2 is 1.95 bits per heavy atom. The van der Waals surface area contributed by atoms with Gasteiger partial charge in [0.25, 0.3) is 5.91 Å². The number of likely N-dealkylation sites (N-methyl/N-ethyl adjacent to an activating group) is 1. The van der Waals surface area contributed by atoms with E-state index in [2.05, 4.69) is 4.90 Å². The Balaban J connectivity index is 1.57. The van der Waals surface area contributed by atoms with Gasteiger partial charge < -0.3 is 14.4 Å². The van der Waals surface area contributed by atoms with Crippen LogP contribution in [0.2, 0.25) is 0 Å². The average molecular weight is 282 g/mol. The van der Waals surface area contributed by atoms with Gasteiger partial charge in [-0.25, -0.2) is 0 Å². The van der Waals surface area contributed by atoms with Crippen molar-refractivity contribution >= 4 is 5.91 Å². The average Bonchev–Trinajstić information content (AvgIpc) is 2.90. The van der Waals surface area contributed by atoms with Crippen molar-refractivity contribution in [3.63, 3.8) is 0 Å². The Kier molecular flexibility index (Phi) is 4.29. The fourth-order valence-corrected chi connectivity index (χ4v) is 3.78. The lowest BCUT2D eigenvalue weighted by atomic mass is 9.90. The van der Waals surface area contributed by atoms with Gasteiger partial charge in [-0.2, -0.15) is 0 Å². The molecule has 3 fully saturated rings. The molecule has 3 saturated heterocycles. The van der Waals surface area contributed by atoms with Crippen molar-refractivity contribution in [2.45, 2.75) is 43.9 Å². The largest absolute Gasteiger partial charge is 0.381 e. The summed E-state index contributed by atoms with van der Waals surface area (Å²) >= 11 is 0. The zero-order valence-corrected chi connectivity index (χ0v) is 12.6. The van der Waals surface area contributed by atoms with Gasteiger partial charge in [0.05, 0.1) is 6.10 Å². The third-order valence-corrected chi connectivity index (χ3v) is 5.01. The minimum absolute atomic E-state index is 0.122. The van der Waals surface area contributed by atoms with E-state index in [9.17, 15) is 4.79 Å². The van der Waals surface area contributed by atoms with Crippen LogP contribution in [-0.2, 0) is 14.3 Å². The van der Waals surface area contributed by atoms with Gasteiger partial charge in [-0.3, -0.25) is 9.69 Å². The fourth-order valence-electron chi connectivity index (χ4n) is 3.78. The zero-order valence-electron chi connectivity index (χ0n) is 12.6. The van der Waals surface area contributed by atoms with E-state index in [1.54, 1.807) is 4.90 Å². The number of carbonyl (C=O) groups excluding carboxylic acids is 1. The van der Waals surface area contributed by atoms with E-state index in [-0.39, 0.29) is 18.1 Å². The van der Waals surface area contributed by atoms with Crippen LogP contribution in [0.3, 0.4) is 0 Å². The van der Waals surface area contributed by atoms with Crippen LogP contribution in [0, 0.1) is 5.92 Å². The maximum Gasteiger partial charge on any atom is 0.251 e. The number of ether oxygens (including phenoxy) is 2. The van der Waals surface area contributed by atoms with Crippen molar-refractivity contribution in [2.75, 3.05) is 40.4 Å². The lowest BCUT2D eigenvalue weighted by molar-refractivity contribution is -0.141. The molecule has 0 radical (unpaired) electrons. The number of hydrogen-bond acceptors (Lipinski definition) is 4. The van der Waals surface area contributed by atoms with Crippen LogP contribution in [-0.4, -0.2) is 74.4 Å². The zero-order chi connectivity index (χ0) is 14.1. The van der Waals surface area contributed by atoms with Gasteiger partial charge in [-0.1, -0.05) is 0 Å². The Labute approximate surface area is 121 Å². The van der Waals surface area contributed by atoms with E-state index in [0.717, 1.165) is 45.6 Å². The highest BCUT2D eigenvalue weighted by Gasteiger charge is 2.43. The van der Waals surface area contributed by atoms with Gasteiger partial charge >= 0.3 is 0 Å². The molecule has 1 amide bonds. The molecule has 3 aliphatic heterocycles. The summed E-state index contributed by atoms with van der Waals surface area (Å²) in [5, 5.41) is 0. The molecule has 0 aliphatic carbocycles. The molecule has 0 saturated carbocycles. The van der Waals surface area contributed by atoms with Crippen molar-refractivity contribution < 1.29 is 14.3 Å². The van der Waals surface area contributed by atoms with Gasteiger partial charge in [-0.05, 0) is 38.1 Å². The molecule has 20 heavy (non-hydrogen) atoms. The summed E-state index contributed by atoms with van der Waals surface area (Å²) in [5.74, 6) is 0.692. The number of rotatable bonds is 2. The quantitative estimate of drug-likeness (QED) is 0.749. The normalized spacial score (nSPS) is 35.8. The Morgan fingerprint density at radius 1 is 1.20 bits per heavy atom. The lowest BCUT2D eigenvalue weighted by Gasteiger charge is -2.40. The maximum absolute atomic E-state index is 12.0. The highest BCUT2D eigenvalue weighted by molar-refractivity contribution is 5.80. The second-order valence-corrected chi connectivity index (χ2v) is 6.52. The molecule has 3 atom stereocenters. The Hall–Kier alpha value is -0.650. The summed E-state index contributed by atoms with van der Waals surface area (Å²) in [4.78, 5) is 16.3. The van der Waals surface area contributed by atoms with Gasteiger partial charge in [0.15, 0.2) is 0 Å². The monoisotopic (exact) mass is 282 g/mol. The van der Waals surface area contributed by atoms with Crippen LogP contribution >= 0.6 is 0 Å². The second kappa shape index (κ2) is 6.00. The first-order valence-corrected chi connectivity index (χ1v) is 7.83. The number of carbonyl (C=O) groups is 1. The molecular formula is C15H26N2O3. The van der Waals surface area contributed by atoms with Gasteiger partial charge in [0.1, 0.15) is 6.10 Å². The highest BCUT2D eigenvalue weighted by Crippen LogP contribution is 2.35. The maximum atomic E-state index is 12.0. The first-order chi connectivity index (χ1) is 9.65. The summed E-state index contributed by atoms with van der Waals surface area (Å²) in [6.45, 7) is 3.92. The van der Waals surface area contributed by atoms with Crippen LogP contribution in [0.15, 0.2) is 0 Å². The number of piperidine rings is 1. The number of fused-ring (bicyclic) bond motifs is 1. The smallest absolute Gasteiger partial charge is 0.251 e. The van der Waals surface area contributed by atoms with Crippen LogP contribution in [0.4, 0.5) is 0 Å². The molecule has 0 bridgehead atoms. The molecule has 3 aliphatic rings. The highest BCUT2D eigenvalue weighted by atomic mass is 16.5. The van der Waals surface area contributed by atoms with Crippen molar-refractivity contribution in [2.24, 2.45) is 5.92 Å². The molecule has 0 aromatic carbocycles. The summed E-state index contributed by atoms with van der Waals surface area (Å²) in [6.07, 6.45) is 4.38. The predicted molar refractivity (Wildman–Crippen MR) is 75.5 cm³/mol. The topological polar surface area (TPSA) is 42.0 Å². The molecule has 5 nitrogen and oxygen atoms in total. The van der Waals surface area contributed by atoms with E-state index in [1.165, 1.54) is 6.42 Å². The summed E-state index contributed by atoms with van der Waals surface area (Å²) in [7, 11) is 3.62. The van der Waals surface area contributed by atoms with Crippen LogP contribution < -0.4 is 0 Å². The van der Waals surface area contributed by atoms with E-state index in [0.29, 0.717) is 12.0 Å². The SMILES string of the molecule is CN(C)C(=O)[C@@H]1C[C@H]2CCN(C3CCOCC3)C[C@H]2O1. The standard InChI is InChI=1S/C15H26N2O3/c1-16(2)15(18)13-9-11-3-6-17(10-14(11)20-13)12-4-7-19-8-5-12/h11-14H,3-10H2,1-2H3/t11-,13+,14-/m1/s1. The molecule has 0 aromatic heterocycles. The Morgan fingerprint density at radius 3 is 2.65 bits per heavy atom. The van der Waals surface area contributed by atoms with E-state index in [1.807, 2.05) is 14.1 Å². The molecule has 0 aromatic rings. The van der Waals surface area contributed by atoms with Gasteiger partial charge in [0.2, 0.25) is 0 Å². The molecule has 114 valence electrons. The number of hydrogen-bond donors (Lipinski definition) is 0. The number of likely N-dealkylation sites (tertiary alicyclic amines) is 1. The molecular weight excluding hydrogens is 256 g/mol. The van der Waals surface area contributed by atoms with Crippen LogP contribution in [0.25, 0.3) is 0 Å². The van der Waals surface area contributed by atoms with E-state index < -0.39 is 0 Å². The lowest BCUT2D eigenvalue weighted by Crippen LogP contribution is -2.49. The molecule has 0 unspecified atom stereocenters. The summed E-state index contributed by atoms with van der Waals surface area (Å²) < 4.78 is 11.5. The van der Waals surface area contributed by atoms with Gasteiger partial charge in [0, 0.05) is 39.9 Å². The number of nitrogens with zero attached hydrogens (tertiary/aromatic N) is 2. The van der Waals surface area contributed by atoms with Crippen LogP contribution in [0.1, 0.15) is 25.7 Å². The van der Waals surface area contributed by atoms with Crippen molar-refractivity contribution in [3.8, 4) is 0 Å².